The van der Waals surface area contributed by atoms with Crippen LogP contribution in [0.1, 0.15) is 33.4 Å². The van der Waals surface area contributed by atoms with Gasteiger partial charge in [-0.2, -0.15) is 0 Å². The van der Waals surface area contributed by atoms with Crippen LogP contribution in [0.15, 0.2) is 5.38 Å². The Hall–Kier alpha value is -0.650. The van der Waals surface area contributed by atoms with Gasteiger partial charge in [0.05, 0.1) is 12.3 Å². The third kappa shape index (κ3) is 6.68. The quantitative estimate of drug-likeness (QED) is 0.721. The summed E-state index contributed by atoms with van der Waals surface area (Å²) in [5.41, 5.74) is 1.14. The first-order chi connectivity index (χ1) is 9.52. The van der Waals surface area contributed by atoms with Crippen molar-refractivity contribution in [1.29, 1.82) is 0 Å². The molecule has 0 unspecified atom stereocenters. The van der Waals surface area contributed by atoms with Gasteiger partial charge in [0.2, 0.25) is 0 Å². The second-order valence-electron chi connectivity index (χ2n) is 5.98. The van der Waals surface area contributed by atoms with E-state index in [1.807, 2.05) is 0 Å². The van der Waals surface area contributed by atoms with Crippen molar-refractivity contribution < 1.29 is 4.74 Å². The number of anilines is 1. The lowest BCUT2D eigenvalue weighted by atomic mass is 10.2. The summed E-state index contributed by atoms with van der Waals surface area (Å²) in [6.07, 6.45) is 0. The average Bonchev–Trinajstić information content (AvgIpc) is 2.82. The minimum atomic E-state index is 0.623. The molecule has 0 atom stereocenters. The minimum absolute atomic E-state index is 0.623. The number of nitrogens with zero attached hydrogens (tertiary/aromatic N) is 2. The smallest absolute Gasteiger partial charge is 0.185 e. The largest absolute Gasteiger partial charge is 0.383 e. The van der Waals surface area contributed by atoms with Gasteiger partial charge in [0.25, 0.3) is 0 Å². The van der Waals surface area contributed by atoms with Gasteiger partial charge in [0, 0.05) is 32.1 Å². The number of hydrogen-bond donors (Lipinski definition) is 1. The standard InChI is InChI=1S/C15H29N3OS/c1-12(2)8-16-9-14-11-20-15(17-14)18(6-7-19-5)10-13(3)4/h11-13,16H,6-10H2,1-5H3. The lowest BCUT2D eigenvalue weighted by molar-refractivity contribution is 0.204. The summed E-state index contributed by atoms with van der Waals surface area (Å²) in [6.45, 7) is 13.5. The number of ether oxygens (including phenoxy) is 1. The molecule has 20 heavy (non-hydrogen) atoms. The minimum Gasteiger partial charge on any atom is -0.383 e. The summed E-state index contributed by atoms with van der Waals surface area (Å²) in [5, 5.41) is 6.70. The predicted molar refractivity (Wildman–Crippen MR) is 87.6 cm³/mol. The van der Waals surface area contributed by atoms with Crippen molar-refractivity contribution in [2.45, 2.75) is 34.2 Å². The number of thiazole rings is 1. The molecule has 1 aromatic heterocycles. The topological polar surface area (TPSA) is 37.4 Å². The molecule has 4 nitrogen and oxygen atoms in total. The Bertz CT molecular complexity index is 366. The van der Waals surface area contributed by atoms with Crippen molar-refractivity contribution in [2.24, 2.45) is 11.8 Å². The van der Waals surface area contributed by atoms with Crippen molar-refractivity contribution >= 4 is 16.5 Å². The van der Waals surface area contributed by atoms with E-state index in [0.29, 0.717) is 11.8 Å². The fraction of sp³-hybridized carbons (Fsp3) is 0.800. The van der Waals surface area contributed by atoms with Gasteiger partial charge in [0.1, 0.15) is 0 Å². The van der Waals surface area contributed by atoms with Crippen LogP contribution in [0, 0.1) is 11.8 Å². The number of methoxy groups -OCH3 is 1. The Kier molecular flexibility index (Phi) is 8.11. The molecule has 0 aliphatic heterocycles. The molecule has 1 aromatic rings. The van der Waals surface area contributed by atoms with E-state index in [2.05, 4.69) is 43.3 Å². The predicted octanol–water partition coefficient (Wildman–Crippen LogP) is 3.00. The SMILES string of the molecule is COCCN(CC(C)C)c1nc(CNCC(C)C)cs1. The molecule has 0 fully saturated rings. The maximum atomic E-state index is 5.20. The molecule has 0 radical (unpaired) electrons. The zero-order chi connectivity index (χ0) is 15.0. The van der Waals surface area contributed by atoms with Crippen LogP contribution >= 0.6 is 11.3 Å². The highest BCUT2D eigenvalue weighted by Gasteiger charge is 2.12. The molecular weight excluding hydrogens is 270 g/mol. The van der Waals surface area contributed by atoms with E-state index in [0.717, 1.165) is 43.6 Å². The van der Waals surface area contributed by atoms with Crippen molar-refractivity contribution in [2.75, 3.05) is 38.3 Å². The van der Waals surface area contributed by atoms with Gasteiger partial charge >= 0.3 is 0 Å². The Morgan fingerprint density at radius 3 is 2.65 bits per heavy atom. The molecule has 1 N–H and O–H groups in total. The lowest BCUT2D eigenvalue weighted by Gasteiger charge is -2.23. The number of hydrogen-bond acceptors (Lipinski definition) is 5. The van der Waals surface area contributed by atoms with Gasteiger partial charge in [-0.3, -0.25) is 0 Å². The fourth-order valence-electron chi connectivity index (χ4n) is 1.92. The summed E-state index contributed by atoms with van der Waals surface area (Å²) >= 11 is 1.73. The summed E-state index contributed by atoms with van der Waals surface area (Å²) in [4.78, 5) is 7.06. The molecule has 1 heterocycles. The second kappa shape index (κ2) is 9.32. The van der Waals surface area contributed by atoms with Gasteiger partial charge < -0.3 is 15.0 Å². The summed E-state index contributed by atoms with van der Waals surface area (Å²) in [7, 11) is 1.75. The zero-order valence-corrected chi connectivity index (χ0v) is 14.3. The van der Waals surface area contributed by atoms with Gasteiger partial charge in [-0.15, -0.1) is 11.3 Å². The van der Waals surface area contributed by atoms with Crippen LogP contribution in [0.25, 0.3) is 0 Å². The first-order valence-electron chi connectivity index (χ1n) is 7.42. The van der Waals surface area contributed by atoms with Crippen LogP contribution in [0.2, 0.25) is 0 Å². The van der Waals surface area contributed by atoms with Gasteiger partial charge in [-0.05, 0) is 18.4 Å². The van der Waals surface area contributed by atoms with Crippen LogP contribution in [0.3, 0.4) is 0 Å². The first-order valence-corrected chi connectivity index (χ1v) is 8.29. The molecule has 116 valence electrons. The molecule has 0 amide bonds. The molecule has 0 saturated heterocycles. The van der Waals surface area contributed by atoms with Gasteiger partial charge in [-0.25, -0.2) is 4.98 Å². The van der Waals surface area contributed by atoms with Crippen molar-refractivity contribution in [3.05, 3.63) is 11.1 Å². The molecule has 0 aliphatic carbocycles. The third-order valence-electron chi connectivity index (χ3n) is 2.82. The molecule has 1 rings (SSSR count). The maximum absolute atomic E-state index is 5.20. The van der Waals surface area contributed by atoms with E-state index >= 15 is 0 Å². The highest BCUT2D eigenvalue weighted by Crippen LogP contribution is 2.21. The van der Waals surface area contributed by atoms with E-state index in [1.165, 1.54) is 0 Å². The number of nitrogens with one attached hydrogen (secondary N) is 1. The molecular formula is C15H29N3OS. The Balaban J connectivity index is 2.55. The molecule has 0 saturated carbocycles. The third-order valence-corrected chi connectivity index (χ3v) is 3.77. The van der Waals surface area contributed by atoms with Crippen molar-refractivity contribution in [3.63, 3.8) is 0 Å². The summed E-state index contributed by atoms with van der Waals surface area (Å²) in [5.74, 6) is 1.30. The van der Waals surface area contributed by atoms with Crippen molar-refractivity contribution in [1.82, 2.24) is 10.3 Å². The molecule has 0 spiro atoms. The maximum Gasteiger partial charge on any atom is 0.185 e. The fourth-order valence-corrected chi connectivity index (χ4v) is 2.78. The van der Waals surface area contributed by atoms with Crippen LogP contribution in [-0.2, 0) is 11.3 Å². The van der Waals surface area contributed by atoms with Gasteiger partial charge in [-0.1, -0.05) is 27.7 Å². The number of rotatable bonds is 10. The summed E-state index contributed by atoms with van der Waals surface area (Å²) in [6, 6.07) is 0. The molecule has 5 heteroatoms. The second-order valence-corrected chi connectivity index (χ2v) is 6.82. The highest BCUT2D eigenvalue weighted by molar-refractivity contribution is 7.13. The van der Waals surface area contributed by atoms with Crippen molar-refractivity contribution in [3.8, 4) is 0 Å². The molecule has 0 aliphatic rings. The van der Waals surface area contributed by atoms with Gasteiger partial charge in [0.15, 0.2) is 5.13 Å². The summed E-state index contributed by atoms with van der Waals surface area (Å²) < 4.78 is 5.20. The van der Waals surface area contributed by atoms with Crippen LogP contribution in [-0.4, -0.2) is 38.3 Å². The van der Waals surface area contributed by atoms with E-state index in [1.54, 1.807) is 18.4 Å². The van der Waals surface area contributed by atoms with Crippen LogP contribution in [0.4, 0.5) is 5.13 Å². The first kappa shape index (κ1) is 17.4. The normalized spacial score (nSPS) is 11.6. The Morgan fingerprint density at radius 1 is 1.30 bits per heavy atom. The van der Waals surface area contributed by atoms with E-state index < -0.39 is 0 Å². The van der Waals surface area contributed by atoms with Crippen LogP contribution in [0.5, 0.6) is 0 Å². The average molecular weight is 299 g/mol. The van der Waals surface area contributed by atoms with E-state index in [4.69, 9.17) is 9.72 Å². The van der Waals surface area contributed by atoms with Crippen LogP contribution < -0.4 is 10.2 Å². The Morgan fingerprint density at radius 2 is 2.05 bits per heavy atom. The zero-order valence-electron chi connectivity index (χ0n) is 13.5. The van der Waals surface area contributed by atoms with E-state index in [-0.39, 0.29) is 0 Å². The molecule has 0 bridgehead atoms. The highest BCUT2D eigenvalue weighted by atomic mass is 32.1. The monoisotopic (exact) mass is 299 g/mol. The Labute approximate surface area is 127 Å². The van der Waals surface area contributed by atoms with E-state index in [9.17, 15) is 0 Å². The number of aromatic nitrogens is 1. The lowest BCUT2D eigenvalue weighted by Crippen LogP contribution is -2.31. The molecule has 0 aromatic carbocycles.